The third-order valence-corrected chi connectivity index (χ3v) is 3.28. The summed E-state index contributed by atoms with van der Waals surface area (Å²) in [5, 5.41) is 3.71. The van der Waals surface area contributed by atoms with Crippen molar-refractivity contribution in [3.63, 3.8) is 0 Å². The van der Waals surface area contributed by atoms with Crippen LogP contribution in [0.4, 0.5) is 0 Å². The zero-order valence-corrected chi connectivity index (χ0v) is 10.4. The Morgan fingerprint density at radius 1 is 1.40 bits per heavy atom. The number of rotatable bonds is 6. The molecule has 2 heteroatoms. The van der Waals surface area contributed by atoms with Gasteiger partial charge in [0, 0.05) is 18.1 Å². The molecule has 0 bridgehead atoms. The van der Waals surface area contributed by atoms with Crippen molar-refractivity contribution in [2.24, 2.45) is 11.7 Å². The van der Waals surface area contributed by atoms with Crippen LogP contribution in [0.5, 0.6) is 0 Å². The maximum Gasteiger partial charge on any atom is 0.0278 e. The number of nitrogens with two attached hydrogens (primary N) is 1. The Bertz CT molecular complexity index is 203. The first-order chi connectivity index (χ1) is 7.06. The lowest BCUT2D eigenvalue weighted by Gasteiger charge is -2.33. The quantitative estimate of drug-likeness (QED) is 0.661. The third kappa shape index (κ3) is 4.35. The van der Waals surface area contributed by atoms with Gasteiger partial charge in [0.25, 0.3) is 0 Å². The summed E-state index contributed by atoms with van der Waals surface area (Å²) in [5.41, 5.74) is 6.01. The van der Waals surface area contributed by atoms with Crippen LogP contribution in [0, 0.1) is 5.92 Å². The van der Waals surface area contributed by atoms with Gasteiger partial charge in [-0.2, -0.15) is 0 Å². The Kier molecular flexibility index (Phi) is 4.81. The molecule has 0 saturated carbocycles. The first-order valence-electron chi connectivity index (χ1n) is 6.18. The highest BCUT2D eigenvalue weighted by atomic mass is 15.0. The van der Waals surface area contributed by atoms with Gasteiger partial charge < -0.3 is 11.1 Å². The lowest BCUT2D eigenvalue weighted by Crippen LogP contribution is -2.52. The van der Waals surface area contributed by atoms with Gasteiger partial charge in [-0.3, -0.25) is 0 Å². The largest absolute Gasteiger partial charge is 0.329 e. The maximum absolute atomic E-state index is 5.89. The van der Waals surface area contributed by atoms with Crippen molar-refractivity contribution in [3.05, 3.63) is 12.2 Å². The standard InChI is InChI=1S/C13H26N2/c1-11(2)8-9-13(3,10-14)15-12-6-4-5-7-12/h4-5,11-12,15H,6-10,14H2,1-3H3. The van der Waals surface area contributed by atoms with E-state index in [1.165, 1.54) is 12.8 Å². The molecule has 0 saturated heterocycles. The van der Waals surface area contributed by atoms with Crippen molar-refractivity contribution in [2.45, 2.75) is 58.0 Å². The highest BCUT2D eigenvalue weighted by molar-refractivity contribution is 5.01. The van der Waals surface area contributed by atoms with E-state index in [0.29, 0.717) is 6.04 Å². The molecule has 1 rings (SSSR count). The molecule has 0 amide bonds. The number of hydrogen-bond acceptors (Lipinski definition) is 2. The van der Waals surface area contributed by atoms with Crippen LogP contribution in [0.25, 0.3) is 0 Å². The van der Waals surface area contributed by atoms with Crippen molar-refractivity contribution in [1.82, 2.24) is 5.32 Å². The average molecular weight is 210 g/mol. The molecule has 1 aliphatic carbocycles. The molecule has 0 spiro atoms. The monoisotopic (exact) mass is 210 g/mol. The van der Waals surface area contributed by atoms with E-state index < -0.39 is 0 Å². The molecule has 0 aromatic heterocycles. The number of nitrogens with one attached hydrogen (secondary N) is 1. The van der Waals surface area contributed by atoms with Gasteiger partial charge in [0.05, 0.1) is 0 Å². The van der Waals surface area contributed by atoms with Crippen molar-refractivity contribution in [1.29, 1.82) is 0 Å². The SMILES string of the molecule is CC(C)CCC(C)(CN)NC1CC=CC1. The van der Waals surface area contributed by atoms with Crippen LogP contribution in [0.1, 0.15) is 46.5 Å². The maximum atomic E-state index is 5.89. The summed E-state index contributed by atoms with van der Waals surface area (Å²) >= 11 is 0. The second-order valence-electron chi connectivity index (χ2n) is 5.48. The molecule has 3 N–H and O–H groups in total. The van der Waals surface area contributed by atoms with Gasteiger partial charge in [-0.25, -0.2) is 0 Å². The first-order valence-corrected chi connectivity index (χ1v) is 6.18. The summed E-state index contributed by atoms with van der Waals surface area (Å²) in [7, 11) is 0. The van der Waals surface area contributed by atoms with Crippen molar-refractivity contribution < 1.29 is 0 Å². The summed E-state index contributed by atoms with van der Waals surface area (Å²) in [6.07, 6.45) is 9.28. The van der Waals surface area contributed by atoms with E-state index in [9.17, 15) is 0 Å². The molecule has 0 heterocycles. The predicted octanol–water partition coefficient (Wildman–Crippen LogP) is 2.45. The molecule has 1 aliphatic rings. The van der Waals surface area contributed by atoms with Gasteiger partial charge in [0.15, 0.2) is 0 Å². The van der Waals surface area contributed by atoms with Gasteiger partial charge in [0.2, 0.25) is 0 Å². The third-order valence-electron chi connectivity index (χ3n) is 3.28. The van der Waals surface area contributed by atoms with E-state index in [1.807, 2.05) is 0 Å². The summed E-state index contributed by atoms with van der Waals surface area (Å²) in [4.78, 5) is 0. The molecule has 0 aromatic carbocycles. The van der Waals surface area contributed by atoms with Crippen molar-refractivity contribution in [2.75, 3.05) is 6.54 Å². The Morgan fingerprint density at radius 3 is 2.47 bits per heavy atom. The Labute approximate surface area is 94.3 Å². The van der Waals surface area contributed by atoms with E-state index >= 15 is 0 Å². The Morgan fingerprint density at radius 2 is 2.00 bits per heavy atom. The van der Waals surface area contributed by atoms with Crippen LogP contribution >= 0.6 is 0 Å². The summed E-state index contributed by atoms with van der Waals surface area (Å²) in [6.45, 7) is 7.53. The smallest absolute Gasteiger partial charge is 0.0278 e. The molecular weight excluding hydrogens is 184 g/mol. The van der Waals surface area contributed by atoms with Crippen LogP contribution in [0.15, 0.2) is 12.2 Å². The fraction of sp³-hybridized carbons (Fsp3) is 0.846. The van der Waals surface area contributed by atoms with Gasteiger partial charge in [-0.05, 0) is 38.5 Å². The van der Waals surface area contributed by atoms with Crippen LogP contribution in [-0.4, -0.2) is 18.1 Å². The van der Waals surface area contributed by atoms with Gasteiger partial charge in [0.1, 0.15) is 0 Å². The molecule has 1 atom stereocenters. The summed E-state index contributed by atoms with van der Waals surface area (Å²) in [5.74, 6) is 0.763. The predicted molar refractivity (Wildman–Crippen MR) is 66.8 cm³/mol. The topological polar surface area (TPSA) is 38.0 Å². The fourth-order valence-corrected chi connectivity index (χ4v) is 2.07. The second kappa shape index (κ2) is 5.66. The molecule has 1 unspecified atom stereocenters. The number of hydrogen-bond donors (Lipinski definition) is 2. The van der Waals surface area contributed by atoms with E-state index in [2.05, 4.69) is 38.2 Å². The van der Waals surface area contributed by atoms with E-state index in [-0.39, 0.29) is 5.54 Å². The van der Waals surface area contributed by atoms with Gasteiger partial charge in [-0.1, -0.05) is 26.0 Å². The normalized spacial score (nSPS) is 21.1. The van der Waals surface area contributed by atoms with Crippen LogP contribution in [0.3, 0.4) is 0 Å². The van der Waals surface area contributed by atoms with Gasteiger partial charge >= 0.3 is 0 Å². The van der Waals surface area contributed by atoms with Gasteiger partial charge in [-0.15, -0.1) is 0 Å². The zero-order chi connectivity index (χ0) is 11.3. The molecular formula is C13H26N2. The molecule has 88 valence electrons. The molecule has 0 aromatic rings. The highest BCUT2D eigenvalue weighted by Crippen LogP contribution is 2.19. The zero-order valence-electron chi connectivity index (χ0n) is 10.4. The van der Waals surface area contributed by atoms with Crippen LogP contribution < -0.4 is 11.1 Å². The molecule has 2 nitrogen and oxygen atoms in total. The minimum atomic E-state index is 0.126. The molecule has 0 radical (unpaired) electrons. The highest BCUT2D eigenvalue weighted by Gasteiger charge is 2.25. The summed E-state index contributed by atoms with van der Waals surface area (Å²) < 4.78 is 0. The lowest BCUT2D eigenvalue weighted by molar-refractivity contribution is 0.281. The Balaban J connectivity index is 2.37. The average Bonchev–Trinajstić information content (AvgIpc) is 2.67. The van der Waals surface area contributed by atoms with Crippen molar-refractivity contribution in [3.8, 4) is 0 Å². The molecule has 0 fully saturated rings. The molecule has 0 aliphatic heterocycles. The van der Waals surface area contributed by atoms with Crippen LogP contribution in [-0.2, 0) is 0 Å². The first kappa shape index (κ1) is 12.7. The minimum absolute atomic E-state index is 0.126. The minimum Gasteiger partial charge on any atom is -0.329 e. The lowest BCUT2D eigenvalue weighted by atomic mass is 9.91. The Hall–Kier alpha value is -0.340. The van der Waals surface area contributed by atoms with Crippen molar-refractivity contribution >= 4 is 0 Å². The summed E-state index contributed by atoms with van der Waals surface area (Å²) in [6, 6.07) is 0.616. The molecule has 15 heavy (non-hydrogen) atoms. The second-order valence-corrected chi connectivity index (χ2v) is 5.48. The van der Waals surface area contributed by atoms with E-state index in [4.69, 9.17) is 5.73 Å². The van der Waals surface area contributed by atoms with E-state index in [1.54, 1.807) is 0 Å². The van der Waals surface area contributed by atoms with E-state index in [0.717, 1.165) is 25.3 Å². The van der Waals surface area contributed by atoms with Crippen LogP contribution in [0.2, 0.25) is 0 Å². The fourth-order valence-electron chi connectivity index (χ4n) is 2.07.